The Morgan fingerprint density at radius 2 is 2.25 bits per heavy atom. The van der Waals surface area contributed by atoms with Crippen molar-refractivity contribution >= 4 is 23.5 Å². The van der Waals surface area contributed by atoms with Gasteiger partial charge >= 0.3 is 11.9 Å². The maximum atomic E-state index is 11.4. The molecule has 0 saturated heterocycles. The molecule has 2 unspecified atom stereocenters. The first-order valence-electron chi connectivity index (χ1n) is 4.49. The lowest BCUT2D eigenvalue weighted by Crippen LogP contribution is -2.36. The summed E-state index contributed by atoms with van der Waals surface area (Å²) in [6.07, 6.45) is -0.973. The lowest BCUT2D eigenvalue weighted by Gasteiger charge is -2.14. The minimum Gasteiger partial charge on any atom is -0.480 e. The summed E-state index contributed by atoms with van der Waals surface area (Å²) in [6.45, 7) is 0. The number of fused-ring (bicyclic) bond motifs is 1. The largest absolute Gasteiger partial charge is 0.480 e. The van der Waals surface area contributed by atoms with Gasteiger partial charge in [0.25, 0.3) is 0 Å². The highest BCUT2D eigenvalue weighted by Gasteiger charge is 2.38. The third-order valence-corrected chi connectivity index (χ3v) is 2.62. The number of rotatable bonds is 2. The third-order valence-electron chi connectivity index (χ3n) is 2.39. The summed E-state index contributed by atoms with van der Waals surface area (Å²) in [4.78, 5) is 22.1. The second-order valence-corrected chi connectivity index (χ2v) is 3.86. The van der Waals surface area contributed by atoms with Crippen LogP contribution in [-0.4, -0.2) is 23.1 Å². The second kappa shape index (κ2) is 3.77. The summed E-state index contributed by atoms with van der Waals surface area (Å²) in [6, 6.07) is 3.24. The van der Waals surface area contributed by atoms with Crippen LogP contribution < -0.4 is 5.73 Å². The normalized spacial score (nSPS) is 20.1. The van der Waals surface area contributed by atoms with Gasteiger partial charge in [-0.3, -0.25) is 4.79 Å². The molecule has 1 aliphatic heterocycles. The molecule has 0 spiro atoms. The van der Waals surface area contributed by atoms with Gasteiger partial charge in [0.2, 0.25) is 0 Å². The molecule has 84 valence electrons. The average molecular weight is 242 g/mol. The molecule has 2 atom stereocenters. The summed E-state index contributed by atoms with van der Waals surface area (Å²) >= 11 is 5.77. The number of carbonyl (C=O) groups is 2. The van der Waals surface area contributed by atoms with Gasteiger partial charge in [0.1, 0.15) is 6.04 Å². The van der Waals surface area contributed by atoms with E-state index in [0.29, 0.717) is 16.1 Å². The Morgan fingerprint density at radius 1 is 1.56 bits per heavy atom. The van der Waals surface area contributed by atoms with E-state index in [1.165, 1.54) is 18.2 Å². The fourth-order valence-electron chi connectivity index (χ4n) is 1.59. The number of carboxylic acid groups (broad SMARTS) is 1. The molecule has 0 radical (unpaired) electrons. The van der Waals surface area contributed by atoms with Gasteiger partial charge < -0.3 is 15.6 Å². The fourth-order valence-corrected chi connectivity index (χ4v) is 1.77. The number of cyclic esters (lactones) is 1. The maximum absolute atomic E-state index is 11.4. The van der Waals surface area contributed by atoms with Crippen LogP contribution in [0.1, 0.15) is 22.0 Å². The molecule has 1 heterocycles. The van der Waals surface area contributed by atoms with Gasteiger partial charge in [-0.05, 0) is 18.2 Å². The molecule has 0 saturated carbocycles. The van der Waals surface area contributed by atoms with Crippen molar-refractivity contribution < 1.29 is 19.4 Å². The highest BCUT2D eigenvalue weighted by atomic mass is 35.5. The summed E-state index contributed by atoms with van der Waals surface area (Å²) < 4.78 is 4.91. The first kappa shape index (κ1) is 10.9. The van der Waals surface area contributed by atoms with Gasteiger partial charge in [-0.25, -0.2) is 4.79 Å². The number of carbonyl (C=O) groups excluding carboxylic acids is 1. The Labute approximate surface area is 95.8 Å². The zero-order valence-corrected chi connectivity index (χ0v) is 8.77. The van der Waals surface area contributed by atoms with Gasteiger partial charge in [-0.1, -0.05) is 11.6 Å². The SMILES string of the molecule is NC(C(=O)O)C1OC(=O)c2ccc(Cl)cc21. The molecule has 0 fully saturated rings. The van der Waals surface area contributed by atoms with Crippen LogP contribution in [0.2, 0.25) is 5.02 Å². The maximum Gasteiger partial charge on any atom is 0.339 e. The van der Waals surface area contributed by atoms with E-state index in [2.05, 4.69) is 0 Å². The van der Waals surface area contributed by atoms with E-state index in [-0.39, 0.29) is 0 Å². The van der Waals surface area contributed by atoms with Crippen LogP contribution in [0.15, 0.2) is 18.2 Å². The lowest BCUT2D eigenvalue weighted by atomic mass is 10.0. The van der Waals surface area contributed by atoms with Gasteiger partial charge in [0, 0.05) is 10.6 Å². The van der Waals surface area contributed by atoms with Crippen LogP contribution in [0, 0.1) is 0 Å². The molecule has 2 rings (SSSR count). The van der Waals surface area contributed by atoms with Crippen LogP contribution in [0.4, 0.5) is 0 Å². The van der Waals surface area contributed by atoms with Crippen molar-refractivity contribution in [3.63, 3.8) is 0 Å². The molecular formula is C10H8ClNO4. The number of nitrogens with two attached hydrogens (primary N) is 1. The smallest absolute Gasteiger partial charge is 0.339 e. The molecule has 0 amide bonds. The van der Waals surface area contributed by atoms with E-state index in [0.717, 1.165) is 0 Å². The number of aliphatic carboxylic acids is 1. The number of esters is 1. The predicted molar refractivity (Wildman–Crippen MR) is 55.2 cm³/mol. The number of halogens is 1. The van der Waals surface area contributed by atoms with Gasteiger partial charge in [-0.15, -0.1) is 0 Å². The Morgan fingerprint density at radius 3 is 2.88 bits per heavy atom. The van der Waals surface area contributed by atoms with Crippen molar-refractivity contribution in [3.05, 3.63) is 34.3 Å². The predicted octanol–water partition coefficient (Wildman–Crippen LogP) is 0.963. The Hall–Kier alpha value is -1.59. The van der Waals surface area contributed by atoms with Crippen LogP contribution in [-0.2, 0) is 9.53 Å². The zero-order valence-electron chi connectivity index (χ0n) is 8.01. The van der Waals surface area contributed by atoms with Crippen LogP contribution >= 0.6 is 11.6 Å². The van der Waals surface area contributed by atoms with Crippen molar-refractivity contribution in [1.82, 2.24) is 0 Å². The lowest BCUT2D eigenvalue weighted by molar-refractivity contribution is -0.141. The van der Waals surface area contributed by atoms with Crippen LogP contribution in [0.5, 0.6) is 0 Å². The zero-order chi connectivity index (χ0) is 11.9. The second-order valence-electron chi connectivity index (χ2n) is 3.42. The number of carboxylic acids is 1. The van der Waals surface area contributed by atoms with E-state index in [1.807, 2.05) is 0 Å². The van der Waals surface area contributed by atoms with Crippen molar-refractivity contribution in [2.24, 2.45) is 5.73 Å². The standard InChI is InChI=1S/C10H8ClNO4/c11-4-1-2-5-6(3-4)8(16-10(5)15)7(12)9(13)14/h1-3,7-8H,12H2,(H,13,14). The van der Waals surface area contributed by atoms with E-state index >= 15 is 0 Å². The number of hydrogen-bond acceptors (Lipinski definition) is 4. The monoisotopic (exact) mass is 241 g/mol. The van der Waals surface area contributed by atoms with Gasteiger partial charge in [-0.2, -0.15) is 0 Å². The van der Waals surface area contributed by atoms with Gasteiger partial charge in [0.05, 0.1) is 5.56 Å². The quantitative estimate of drug-likeness (QED) is 0.753. The summed E-state index contributed by atoms with van der Waals surface area (Å²) in [5.74, 6) is -1.81. The summed E-state index contributed by atoms with van der Waals surface area (Å²) in [5, 5.41) is 9.18. The molecule has 6 heteroatoms. The Balaban J connectivity index is 2.45. The van der Waals surface area contributed by atoms with Crippen LogP contribution in [0.25, 0.3) is 0 Å². The Bertz CT molecular complexity index is 474. The molecule has 0 aliphatic carbocycles. The minimum absolute atomic E-state index is 0.311. The van der Waals surface area contributed by atoms with Crippen molar-refractivity contribution in [1.29, 1.82) is 0 Å². The highest BCUT2D eigenvalue weighted by molar-refractivity contribution is 6.30. The third kappa shape index (κ3) is 1.64. The number of hydrogen-bond donors (Lipinski definition) is 2. The molecule has 0 aromatic heterocycles. The highest BCUT2D eigenvalue weighted by Crippen LogP contribution is 2.34. The molecule has 16 heavy (non-hydrogen) atoms. The average Bonchev–Trinajstić information content (AvgIpc) is 2.54. The minimum atomic E-state index is -1.29. The fraction of sp³-hybridized carbons (Fsp3) is 0.200. The van der Waals surface area contributed by atoms with Crippen molar-refractivity contribution in [2.45, 2.75) is 12.1 Å². The molecule has 1 aliphatic rings. The summed E-state index contributed by atoms with van der Waals surface area (Å²) in [5.41, 5.74) is 6.16. The van der Waals surface area contributed by atoms with E-state index in [1.54, 1.807) is 0 Å². The molecule has 5 nitrogen and oxygen atoms in total. The van der Waals surface area contributed by atoms with E-state index in [4.69, 9.17) is 27.2 Å². The molecular weight excluding hydrogens is 234 g/mol. The van der Waals surface area contributed by atoms with E-state index in [9.17, 15) is 9.59 Å². The molecule has 1 aromatic rings. The first-order chi connectivity index (χ1) is 7.50. The van der Waals surface area contributed by atoms with Crippen molar-refractivity contribution in [3.8, 4) is 0 Å². The number of benzene rings is 1. The number of ether oxygens (including phenoxy) is 1. The molecule has 1 aromatic carbocycles. The Kier molecular flexibility index (Phi) is 2.57. The first-order valence-corrected chi connectivity index (χ1v) is 4.87. The molecule has 3 N–H and O–H groups in total. The molecule has 0 bridgehead atoms. The van der Waals surface area contributed by atoms with Crippen molar-refractivity contribution in [2.75, 3.05) is 0 Å². The topological polar surface area (TPSA) is 89.6 Å². The van der Waals surface area contributed by atoms with Crippen LogP contribution in [0.3, 0.4) is 0 Å². The summed E-state index contributed by atoms with van der Waals surface area (Å²) in [7, 11) is 0. The van der Waals surface area contributed by atoms with Gasteiger partial charge in [0.15, 0.2) is 6.10 Å². The van der Waals surface area contributed by atoms with E-state index < -0.39 is 24.1 Å².